The van der Waals surface area contributed by atoms with Gasteiger partial charge in [0.2, 0.25) is 0 Å². The second-order valence-corrected chi connectivity index (χ2v) is 10.2. The number of anilines is 1. The number of pyridine rings is 1. The number of aromatic nitrogens is 1. The molecule has 0 bridgehead atoms. The van der Waals surface area contributed by atoms with E-state index in [9.17, 15) is 39.6 Å². The Hall–Kier alpha value is -2.67. The average Bonchev–Trinajstić information content (AvgIpc) is 3.24. The number of amides is 1. The molecule has 0 aliphatic carbocycles. The number of hydrogen-bond acceptors (Lipinski definition) is 5. The number of carbonyl (C=O) groups is 1. The van der Waals surface area contributed by atoms with Crippen LogP contribution in [0.2, 0.25) is 0 Å². The highest BCUT2D eigenvalue weighted by atomic mass is 32.2. The number of fused-ring (bicyclic) bond motifs is 2. The predicted molar refractivity (Wildman–Crippen MR) is 104 cm³/mol. The molecule has 170 valence electrons. The molecule has 0 saturated carbocycles. The summed E-state index contributed by atoms with van der Waals surface area (Å²) in [6, 6.07) is 3.14. The van der Waals surface area contributed by atoms with Gasteiger partial charge in [-0.2, -0.15) is 26.3 Å². The first-order valence-electron chi connectivity index (χ1n) is 8.98. The number of rotatable bonds is 3. The third kappa shape index (κ3) is 3.62. The molecular formula is C19H12F6N2O3S2. The SMILES string of the molecule is CCS(=O)(=O)c1c(N2Cc3cnc(C(F)(F)F)cc3C2=O)sc2cc(C(F)(F)F)ccc12. The molecule has 1 amide bonds. The lowest BCUT2D eigenvalue weighted by Crippen LogP contribution is -2.24. The van der Waals surface area contributed by atoms with Gasteiger partial charge in [-0.3, -0.25) is 14.7 Å². The quantitative estimate of drug-likeness (QED) is 0.465. The van der Waals surface area contributed by atoms with Crippen molar-refractivity contribution < 1.29 is 39.6 Å². The van der Waals surface area contributed by atoms with Gasteiger partial charge in [0, 0.05) is 27.4 Å². The average molecular weight is 494 g/mol. The molecule has 4 rings (SSSR count). The van der Waals surface area contributed by atoms with Crippen molar-refractivity contribution in [3.63, 3.8) is 0 Å². The highest BCUT2D eigenvalue weighted by Crippen LogP contribution is 2.46. The molecule has 0 atom stereocenters. The number of nitrogens with zero attached hydrogens (tertiary/aromatic N) is 2. The number of benzene rings is 1. The van der Waals surface area contributed by atoms with E-state index in [-0.39, 0.29) is 43.4 Å². The normalized spacial score (nSPS) is 15.0. The van der Waals surface area contributed by atoms with Gasteiger partial charge in [-0.1, -0.05) is 13.0 Å². The van der Waals surface area contributed by atoms with E-state index in [0.29, 0.717) is 17.4 Å². The van der Waals surface area contributed by atoms with Gasteiger partial charge in [-0.25, -0.2) is 8.42 Å². The van der Waals surface area contributed by atoms with Crippen LogP contribution in [0, 0.1) is 0 Å². The molecule has 5 nitrogen and oxygen atoms in total. The lowest BCUT2D eigenvalue weighted by Gasteiger charge is -2.15. The van der Waals surface area contributed by atoms with E-state index < -0.39 is 39.4 Å². The molecule has 3 heterocycles. The zero-order chi connectivity index (χ0) is 23.6. The molecule has 0 radical (unpaired) electrons. The summed E-state index contributed by atoms with van der Waals surface area (Å²) < 4.78 is 104. The molecule has 0 fully saturated rings. The lowest BCUT2D eigenvalue weighted by atomic mass is 10.1. The summed E-state index contributed by atoms with van der Waals surface area (Å²) in [7, 11) is -4.00. The van der Waals surface area contributed by atoms with Crippen molar-refractivity contribution in [2.45, 2.75) is 30.7 Å². The first-order valence-corrected chi connectivity index (χ1v) is 11.5. The Labute approximate surface area is 181 Å². The van der Waals surface area contributed by atoms with E-state index in [1.165, 1.54) is 6.92 Å². The smallest absolute Gasteiger partial charge is 0.294 e. The standard InChI is InChI=1S/C19H12F6N2O3S2/c1-2-32(29,30)15-11-4-3-10(18(20,21)22)5-13(11)31-17(15)27-8-9-7-26-14(19(23,24)25)6-12(9)16(27)28/h3-7H,2,8H2,1H3. The summed E-state index contributed by atoms with van der Waals surface area (Å²) in [5.74, 6) is -1.27. The van der Waals surface area contributed by atoms with Crippen LogP contribution in [0.25, 0.3) is 10.1 Å². The Balaban J connectivity index is 1.90. The minimum absolute atomic E-state index is 0.0118. The Morgan fingerprint density at radius 2 is 1.78 bits per heavy atom. The molecule has 1 aliphatic heterocycles. The fraction of sp³-hybridized carbons (Fsp3) is 0.263. The van der Waals surface area contributed by atoms with Crippen LogP contribution in [0.1, 0.15) is 34.1 Å². The van der Waals surface area contributed by atoms with Crippen molar-refractivity contribution in [1.29, 1.82) is 0 Å². The fourth-order valence-electron chi connectivity index (χ4n) is 3.37. The van der Waals surface area contributed by atoms with Crippen LogP contribution >= 0.6 is 11.3 Å². The Kier molecular flexibility index (Phi) is 5.05. The first-order chi connectivity index (χ1) is 14.7. The van der Waals surface area contributed by atoms with Gasteiger partial charge < -0.3 is 0 Å². The third-order valence-corrected chi connectivity index (χ3v) is 8.07. The van der Waals surface area contributed by atoms with Crippen LogP contribution in [0.5, 0.6) is 0 Å². The van der Waals surface area contributed by atoms with Gasteiger partial charge in [-0.05, 0) is 18.2 Å². The summed E-state index contributed by atoms with van der Waals surface area (Å²) in [4.78, 5) is 16.9. The fourth-order valence-corrected chi connectivity index (χ4v) is 6.26. The third-order valence-electron chi connectivity index (χ3n) is 4.97. The van der Waals surface area contributed by atoms with E-state index in [0.717, 1.165) is 29.3 Å². The lowest BCUT2D eigenvalue weighted by molar-refractivity contribution is -0.141. The summed E-state index contributed by atoms with van der Waals surface area (Å²) in [6.45, 7) is 1.08. The molecular weight excluding hydrogens is 482 g/mol. The van der Waals surface area contributed by atoms with Crippen molar-refractivity contribution in [2.24, 2.45) is 0 Å². The molecule has 2 aromatic heterocycles. The van der Waals surface area contributed by atoms with Crippen molar-refractivity contribution in [2.75, 3.05) is 10.7 Å². The van der Waals surface area contributed by atoms with Crippen LogP contribution in [0.3, 0.4) is 0 Å². The zero-order valence-electron chi connectivity index (χ0n) is 16.0. The molecule has 0 N–H and O–H groups in total. The van der Waals surface area contributed by atoms with Crippen molar-refractivity contribution in [3.05, 3.63) is 52.8 Å². The minimum atomic E-state index is -4.79. The maximum atomic E-state index is 13.1. The van der Waals surface area contributed by atoms with Gasteiger partial charge in [-0.15, -0.1) is 11.3 Å². The Bertz CT molecular complexity index is 1360. The predicted octanol–water partition coefficient (Wildman–Crippen LogP) is 5.29. The molecule has 32 heavy (non-hydrogen) atoms. The van der Waals surface area contributed by atoms with Gasteiger partial charge in [0.1, 0.15) is 15.6 Å². The number of hydrogen-bond donors (Lipinski definition) is 0. The molecule has 1 aromatic carbocycles. The summed E-state index contributed by atoms with van der Waals surface area (Å²) >= 11 is 0.661. The molecule has 3 aromatic rings. The van der Waals surface area contributed by atoms with E-state index in [4.69, 9.17) is 0 Å². The maximum Gasteiger partial charge on any atom is 0.433 e. The molecule has 0 saturated heterocycles. The van der Waals surface area contributed by atoms with Crippen molar-refractivity contribution in [1.82, 2.24) is 4.98 Å². The maximum absolute atomic E-state index is 13.1. The van der Waals surface area contributed by atoms with Crippen molar-refractivity contribution in [3.8, 4) is 0 Å². The van der Waals surface area contributed by atoms with E-state index in [1.54, 1.807) is 0 Å². The molecule has 0 spiro atoms. The summed E-state index contributed by atoms with van der Waals surface area (Å²) in [5, 5.41) is -0.131. The van der Waals surface area contributed by atoms with Gasteiger partial charge in [0.25, 0.3) is 5.91 Å². The van der Waals surface area contributed by atoms with Crippen LogP contribution in [0.4, 0.5) is 31.3 Å². The van der Waals surface area contributed by atoms with Crippen LogP contribution in [-0.2, 0) is 28.7 Å². The van der Waals surface area contributed by atoms with E-state index in [1.807, 2.05) is 0 Å². The highest BCUT2D eigenvalue weighted by Gasteiger charge is 2.39. The number of alkyl halides is 6. The summed E-state index contributed by atoms with van der Waals surface area (Å²) in [5.41, 5.74) is -2.41. The first kappa shape index (κ1) is 22.5. The highest BCUT2D eigenvalue weighted by molar-refractivity contribution is 7.92. The zero-order valence-corrected chi connectivity index (χ0v) is 17.6. The largest absolute Gasteiger partial charge is 0.433 e. The Morgan fingerprint density at radius 1 is 1.09 bits per heavy atom. The van der Waals surface area contributed by atoms with Crippen LogP contribution in [0.15, 0.2) is 35.4 Å². The molecule has 13 heteroatoms. The van der Waals surface area contributed by atoms with Gasteiger partial charge in [0.05, 0.1) is 17.9 Å². The van der Waals surface area contributed by atoms with Crippen LogP contribution < -0.4 is 4.90 Å². The van der Waals surface area contributed by atoms with E-state index in [2.05, 4.69) is 4.98 Å². The topological polar surface area (TPSA) is 67.3 Å². The number of thiophene rings is 1. The minimum Gasteiger partial charge on any atom is -0.294 e. The number of carbonyl (C=O) groups excluding carboxylic acids is 1. The van der Waals surface area contributed by atoms with Gasteiger partial charge in [0.15, 0.2) is 9.84 Å². The second-order valence-electron chi connectivity index (χ2n) is 6.96. The van der Waals surface area contributed by atoms with Gasteiger partial charge >= 0.3 is 12.4 Å². The molecule has 0 unspecified atom stereocenters. The number of sulfone groups is 1. The summed E-state index contributed by atoms with van der Waals surface area (Å²) in [6.07, 6.45) is -8.56. The molecule has 1 aliphatic rings. The monoisotopic (exact) mass is 494 g/mol. The second kappa shape index (κ2) is 7.17. The van der Waals surface area contributed by atoms with E-state index >= 15 is 0 Å². The van der Waals surface area contributed by atoms with Crippen LogP contribution in [-0.4, -0.2) is 25.1 Å². The Morgan fingerprint density at radius 3 is 2.38 bits per heavy atom. The van der Waals surface area contributed by atoms with Crippen molar-refractivity contribution >= 4 is 42.2 Å². The number of halogens is 6.